The number of aryl methyl sites for hydroxylation is 1. The number of rotatable bonds is 4. The zero-order valence-electron chi connectivity index (χ0n) is 12.7. The fraction of sp³-hybridized carbons (Fsp3) is 0.389. The van der Waals surface area contributed by atoms with Gasteiger partial charge in [0, 0.05) is 18.8 Å². The summed E-state index contributed by atoms with van der Waals surface area (Å²) in [4.78, 5) is 7.03. The molecule has 21 heavy (non-hydrogen) atoms. The van der Waals surface area contributed by atoms with Gasteiger partial charge in [0.25, 0.3) is 0 Å². The standard InChI is InChI=1S/C18H22N2O/c1-14-4-3-5-18(19-14)20-11-10-16(13-20)12-15-6-8-17(21-2)9-7-15/h3-9,16H,10-13H2,1-2H3. The predicted octanol–water partition coefficient (Wildman–Crippen LogP) is 3.47. The van der Waals surface area contributed by atoms with Crippen LogP contribution >= 0.6 is 0 Å². The SMILES string of the molecule is COc1ccc(CC2CCN(c3cccc(C)n3)C2)cc1. The maximum atomic E-state index is 5.21. The molecule has 1 aliphatic heterocycles. The first kappa shape index (κ1) is 13.9. The molecular formula is C18H22N2O. The monoisotopic (exact) mass is 282 g/mol. The molecule has 0 spiro atoms. The Bertz CT molecular complexity index is 594. The van der Waals surface area contributed by atoms with Gasteiger partial charge in [-0.05, 0) is 55.5 Å². The van der Waals surface area contributed by atoms with Crippen LogP contribution in [0.1, 0.15) is 17.7 Å². The van der Waals surface area contributed by atoms with Crippen molar-refractivity contribution in [1.29, 1.82) is 0 Å². The molecule has 0 N–H and O–H groups in total. The third-order valence-electron chi connectivity index (χ3n) is 4.17. The van der Waals surface area contributed by atoms with Gasteiger partial charge in [-0.25, -0.2) is 4.98 Å². The summed E-state index contributed by atoms with van der Waals surface area (Å²) in [6.45, 7) is 4.26. The molecule has 2 heterocycles. The summed E-state index contributed by atoms with van der Waals surface area (Å²) in [6.07, 6.45) is 2.37. The molecule has 3 rings (SSSR count). The highest BCUT2D eigenvalue weighted by molar-refractivity contribution is 5.40. The second-order valence-electron chi connectivity index (χ2n) is 5.79. The number of aromatic nitrogens is 1. The molecule has 0 bridgehead atoms. The third-order valence-corrected chi connectivity index (χ3v) is 4.17. The molecular weight excluding hydrogens is 260 g/mol. The Balaban J connectivity index is 1.61. The minimum Gasteiger partial charge on any atom is -0.497 e. The highest BCUT2D eigenvalue weighted by Crippen LogP contribution is 2.25. The van der Waals surface area contributed by atoms with Crippen LogP contribution in [0.3, 0.4) is 0 Å². The summed E-state index contributed by atoms with van der Waals surface area (Å²) in [5.74, 6) is 2.75. The van der Waals surface area contributed by atoms with E-state index in [-0.39, 0.29) is 0 Å². The summed E-state index contributed by atoms with van der Waals surface area (Å²) in [5, 5.41) is 0. The van der Waals surface area contributed by atoms with Gasteiger partial charge < -0.3 is 9.64 Å². The fourth-order valence-corrected chi connectivity index (χ4v) is 3.01. The maximum absolute atomic E-state index is 5.21. The normalized spacial score (nSPS) is 18.0. The fourth-order valence-electron chi connectivity index (χ4n) is 3.01. The maximum Gasteiger partial charge on any atom is 0.128 e. The Morgan fingerprint density at radius 3 is 2.71 bits per heavy atom. The number of methoxy groups -OCH3 is 1. The van der Waals surface area contributed by atoms with Crippen molar-refractivity contribution in [1.82, 2.24) is 4.98 Å². The topological polar surface area (TPSA) is 25.4 Å². The van der Waals surface area contributed by atoms with Crippen molar-refractivity contribution in [3.8, 4) is 5.75 Å². The van der Waals surface area contributed by atoms with Crippen LogP contribution in [0, 0.1) is 12.8 Å². The van der Waals surface area contributed by atoms with Crippen LogP contribution in [0.2, 0.25) is 0 Å². The minimum atomic E-state index is 0.709. The zero-order valence-corrected chi connectivity index (χ0v) is 12.7. The van der Waals surface area contributed by atoms with Gasteiger partial charge in [-0.3, -0.25) is 0 Å². The number of hydrogen-bond donors (Lipinski definition) is 0. The van der Waals surface area contributed by atoms with Crippen LogP contribution in [0.15, 0.2) is 42.5 Å². The molecule has 0 saturated carbocycles. The molecule has 0 amide bonds. The average molecular weight is 282 g/mol. The second kappa shape index (κ2) is 6.17. The van der Waals surface area contributed by atoms with E-state index in [9.17, 15) is 0 Å². The first-order valence-electron chi connectivity index (χ1n) is 7.56. The molecule has 1 saturated heterocycles. The van der Waals surface area contributed by atoms with E-state index in [2.05, 4.69) is 47.1 Å². The highest BCUT2D eigenvalue weighted by Gasteiger charge is 2.23. The first-order valence-corrected chi connectivity index (χ1v) is 7.56. The molecule has 1 aliphatic rings. The smallest absolute Gasteiger partial charge is 0.128 e. The number of hydrogen-bond acceptors (Lipinski definition) is 3. The van der Waals surface area contributed by atoms with Gasteiger partial charge in [-0.2, -0.15) is 0 Å². The minimum absolute atomic E-state index is 0.709. The predicted molar refractivity (Wildman–Crippen MR) is 86.0 cm³/mol. The van der Waals surface area contributed by atoms with Crippen LogP contribution in [0.25, 0.3) is 0 Å². The van der Waals surface area contributed by atoms with E-state index >= 15 is 0 Å². The summed E-state index contributed by atoms with van der Waals surface area (Å²) < 4.78 is 5.21. The Hall–Kier alpha value is -2.03. The molecule has 0 radical (unpaired) electrons. The largest absolute Gasteiger partial charge is 0.497 e. The summed E-state index contributed by atoms with van der Waals surface area (Å²) in [7, 11) is 1.71. The van der Waals surface area contributed by atoms with Crippen molar-refractivity contribution in [2.75, 3.05) is 25.1 Å². The second-order valence-corrected chi connectivity index (χ2v) is 5.79. The number of benzene rings is 1. The molecule has 3 nitrogen and oxygen atoms in total. The Morgan fingerprint density at radius 2 is 2.00 bits per heavy atom. The van der Waals surface area contributed by atoms with Crippen LogP contribution < -0.4 is 9.64 Å². The van der Waals surface area contributed by atoms with Crippen molar-refractivity contribution < 1.29 is 4.74 Å². The lowest BCUT2D eigenvalue weighted by Gasteiger charge is -2.18. The quantitative estimate of drug-likeness (QED) is 0.858. The van der Waals surface area contributed by atoms with E-state index in [4.69, 9.17) is 4.74 Å². The van der Waals surface area contributed by atoms with E-state index in [0.29, 0.717) is 5.92 Å². The van der Waals surface area contributed by atoms with Crippen molar-refractivity contribution in [3.05, 3.63) is 53.7 Å². The van der Waals surface area contributed by atoms with Gasteiger partial charge in [-0.1, -0.05) is 18.2 Å². The van der Waals surface area contributed by atoms with E-state index in [0.717, 1.165) is 36.8 Å². The Kier molecular flexibility index (Phi) is 4.09. The molecule has 1 atom stereocenters. The van der Waals surface area contributed by atoms with Gasteiger partial charge in [0.05, 0.1) is 7.11 Å². The first-order chi connectivity index (χ1) is 10.2. The van der Waals surface area contributed by atoms with E-state index < -0.39 is 0 Å². The van der Waals surface area contributed by atoms with Crippen LogP contribution in [-0.2, 0) is 6.42 Å². The summed E-state index contributed by atoms with van der Waals surface area (Å²) >= 11 is 0. The molecule has 3 heteroatoms. The molecule has 1 aromatic heterocycles. The van der Waals surface area contributed by atoms with E-state index in [1.807, 2.05) is 12.1 Å². The van der Waals surface area contributed by atoms with Crippen molar-refractivity contribution in [2.45, 2.75) is 19.8 Å². The van der Waals surface area contributed by atoms with Crippen molar-refractivity contribution in [2.24, 2.45) is 5.92 Å². The van der Waals surface area contributed by atoms with Crippen LogP contribution in [0.4, 0.5) is 5.82 Å². The lowest BCUT2D eigenvalue weighted by molar-refractivity contribution is 0.414. The highest BCUT2D eigenvalue weighted by atomic mass is 16.5. The van der Waals surface area contributed by atoms with Crippen molar-refractivity contribution >= 4 is 5.82 Å². The van der Waals surface area contributed by atoms with Crippen molar-refractivity contribution in [3.63, 3.8) is 0 Å². The van der Waals surface area contributed by atoms with Gasteiger partial charge >= 0.3 is 0 Å². The molecule has 0 aliphatic carbocycles. The van der Waals surface area contributed by atoms with E-state index in [1.165, 1.54) is 12.0 Å². The molecule has 110 valence electrons. The molecule has 2 aromatic rings. The number of nitrogens with zero attached hydrogens (tertiary/aromatic N) is 2. The Morgan fingerprint density at radius 1 is 1.19 bits per heavy atom. The van der Waals surface area contributed by atoms with Crippen LogP contribution in [0.5, 0.6) is 5.75 Å². The van der Waals surface area contributed by atoms with Gasteiger partial charge in [-0.15, -0.1) is 0 Å². The van der Waals surface area contributed by atoms with Gasteiger partial charge in [0.15, 0.2) is 0 Å². The molecule has 1 unspecified atom stereocenters. The molecule has 1 fully saturated rings. The zero-order chi connectivity index (χ0) is 14.7. The molecule has 1 aromatic carbocycles. The Labute approximate surface area is 126 Å². The number of anilines is 1. The summed E-state index contributed by atoms with van der Waals surface area (Å²) in [6, 6.07) is 14.7. The van der Waals surface area contributed by atoms with Gasteiger partial charge in [0.1, 0.15) is 11.6 Å². The third kappa shape index (κ3) is 3.35. The van der Waals surface area contributed by atoms with E-state index in [1.54, 1.807) is 7.11 Å². The average Bonchev–Trinajstić information content (AvgIpc) is 2.97. The lowest BCUT2D eigenvalue weighted by atomic mass is 9.99. The van der Waals surface area contributed by atoms with Crippen LogP contribution in [-0.4, -0.2) is 25.2 Å². The summed E-state index contributed by atoms with van der Waals surface area (Å²) in [5.41, 5.74) is 2.48. The number of ether oxygens (including phenoxy) is 1. The lowest BCUT2D eigenvalue weighted by Crippen LogP contribution is -2.21. The van der Waals surface area contributed by atoms with Gasteiger partial charge in [0.2, 0.25) is 0 Å². The number of pyridine rings is 1.